The molecule has 0 bridgehead atoms. The Morgan fingerprint density at radius 1 is 0.199 bits per heavy atom. The van der Waals surface area contributed by atoms with Crippen molar-refractivity contribution in [2.24, 2.45) is 0 Å². The number of rotatable bonds is 102. The number of quaternary nitrogens is 2. The van der Waals surface area contributed by atoms with Gasteiger partial charge in [0.2, 0.25) is 17.7 Å². The third-order valence-electron chi connectivity index (χ3n) is 26.1. The summed E-state index contributed by atoms with van der Waals surface area (Å²) in [6.07, 6.45) is 124. The monoisotopic (exact) mass is 2020 g/mol. The predicted molar refractivity (Wildman–Crippen MR) is 605 cm³/mol. The first kappa shape index (κ1) is 145. The van der Waals surface area contributed by atoms with Crippen molar-refractivity contribution in [3.63, 3.8) is 0 Å². The first-order chi connectivity index (χ1) is 67.6. The van der Waals surface area contributed by atoms with Crippen LogP contribution in [-0.2, 0) is 43.0 Å². The molecule has 15 nitrogen and oxygen atoms in total. The predicted octanol–water partition coefficient (Wildman–Crippen LogP) is 28.3. The number of allylic oxidation sites excluding steroid dienone is 16. The maximum Gasteiger partial charge on any atom is 0.305 e. The third-order valence-corrected chi connectivity index (χ3v) is 26.1. The number of ether oxygens (including phenoxy) is 3. The first-order valence-electron chi connectivity index (χ1n) is 59.4. The molecule has 0 aromatic carbocycles. The molecular formula is C124H234Cl2N6O9. The molecule has 0 aromatic heterocycles. The Labute approximate surface area is 888 Å². The van der Waals surface area contributed by atoms with Gasteiger partial charge in [-0.15, -0.1) is 0 Å². The number of halogens is 2. The second-order valence-electron chi connectivity index (χ2n) is 42.5. The van der Waals surface area contributed by atoms with Gasteiger partial charge in [0.05, 0.1) is 75.0 Å². The summed E-state index contributed by atoms with van der Waals surface area (Å²) in [6, 6.07) is 0. The van der Waals surface area contributed by atoms with Crippen LogP contribution in [0.15, 0.2) is 97.2 Å². The van der Waals surface area contributed by atoms with Gasteiger partial charge in [0, 0.05) is 64.6 Å². The number of nitrogens with zero attached hydrogens (tertiary/aromatic N) is 6. The van der Waals surface area contributed by atoms with Gasteiger partial charge in [-0.3, -0.25) is 28.8 Å². The Hall–Kier alpha value is -4.80. The van der Waals surface area contributed by atoms with E-state index >= 15 is 0 Å². The smallest absolute Gasteiger partial charge is 0.305 e. The molecule has 0 rings (SSSR count). The molecule has 0 aromatic rings. The number of hydrogen-bond donors (Lipinski definition) is 0. The molecule has 17 heteroatoms. The summed E-state index contributed by atoms with van der Waals surface area (Å²) in [7, 11) is 17.3. The average Bonchev–Trinajstić information content (AvgIpc) is 1.03. The molecule has 0 N–H and O–H groups in total. The van der Waals surface area contributed by atoms with E-state index in [2.05, 4.69) is 200 Å². The highest BCUT2D eigenvalue weighted by Crippen LogP contribution is 2.20. The lowest BCUT2D eigenvalue weighted by Crippen LogP contribution is -3.00. The summed E-state index contributed by atoms with van der Waals surface area (Å²) in [5.74, 6) is 0.278. The molecular weight excluding hydrogens is 1790 g/mol. The number of hydrogen-bond acceptors (Lipinski definition) is 10. The van der Waals surface area contributed by atoms with Crippen LogP contribution in [-0.4, -0.2) is 199 Å². The zero-order valence-electron chi connectivity index (χ0n) is 95.6. The minimum atomic E-state index is -0.130. The highest BCUT2D eigenvalue weighted by Gasteiger charge is 2.20. The van der Waals surface area contributed by atoms with Gasteiger partial charge in [-0.2, -0.15) is 0 Å². The molecule has 0 aliphatic heterocycles. The van der Waals surface area contributed by atoms with Crippen molar-refractivity contribution in [2.75, 3.05) is 135 Å². The van der Waals surface area contributed by atoms with Crippen molar-refractivity contribution in [2.45, 2.75) is 530 Å². The maximum atomic E-state index is 13.1. The average molecular weight is 2020 g/mol. The third kappa shape index (κ3) is 122. The minimum absolute atomic E-state index is 0. The number of esters is 3. The van der Waals surface area contributed by atoms with Crippen molar-refractivity contribution in [1.82, 2.24) is 19.6 Å². The number of carbonyl (C=O) groups excluding carboxylic acids is 6. The van der Waals surface area contributed by atoms with Gasteiger partial charge in [-0.1, -0.05) is 396 Å². The molecule has 141 heavy (non-hydrogen) atoms. The molecule has 0 atom stereocenters. The van der Waals surface area contributed by atoms with E-state index in [0.29, 0.717) is 78.0 Å². The maximum absolute atomic E-state index is 13.1. The second-order valence-corrected chi connectivity index (χ2v) is 42.5. The van der Waals surface area contributed by atoms with Crippen LogP contribution in [0.5, 0.6) is 0 Å². The number of carbonyl (C=O) groups is 6. The van der Waals surface area contributed by atoms with Crippen molar-refractivity contribution in [1.29, 1.82) is 0 Å². The number of amides is 3. The molecule has 828 valence electrons. The van der Waals surface area contributed by atoms with Crippen LogP contribution >= 0.6 is 0 Å². The fourth-order valence-corrected chi connectivity index (χ4v) is 17.0. The van der Waals surface area contributed by atoms with Crippen LogP contribution in [0.25, 0.3) is 0 Å². The molecule has 0 heterocycles. The van der Waals surface area contributed by atoms with E-state index in [-0.39, 0.29) is 60.4 Å². The van der Waals surface area contributed by atoms with Gasteiger partial charge >= 0.3 is 17.9 Å². The minimum Gasteiger partial charge on any atom is -1.00 e. The second kappa shape index (κ2) is 117. The summed E-state index contributed by atoms with van der Waals surface area (Å²) in [5.41, 5.74) is 0. The van der Waals surface area contributed by atoms with E-state index in [9.17, 15) is 28.8 Å². The summed E-state index contributed by atoms with van der Waals surface area (Å²) in [4.78, 5) is 84.0. The largest absolute Gasteiger partial charge is 1.00 e. The molecule has 3 amide bonds. The topological polar surface area (TPSA) is 143 Å². The van der Waals surface area contributed by atoms with E-state index in [1.807, 2.05) is 14.7 Å². The van der Waals surface area contributed by atoms with Crippen LogP contribution in [0.1, 0.15) is 530 Å². The Morgan fingerprint density at radius 2 is 0.383 bits per heavy atom. The van der Waals surface area contributed by atoms with Crippen LogP contribution in [0.2, 0.25) is 0 Å². The number of unbranched alkanes of at least 4 members (excludes halogenated alkanes) is 53. The molecule has 0 aliphatic rings. The quantitative estimate of drug-likeness (QED) is 0.0190. The molecule has 0 fully saturated rings. The van der Waals surface area contributed by atoms with Crippen LogP contribution in [0.3, 0.4) is 0 Å². The van der Waals surface area contributed by atoms with E-state index < -0.39 is 0 Å². The molecule has 0 spiro atoms. The summed E-state index contributed by atoms with van der Waals surface area (Å²) < 4.78 is 18.5. The van der Waals surface area contributed by atoms with Gasteiger partial charge in [0.1, 0.15) is 19.8 Å². The van der Waals surface area contributed by atoms with Crippen molar-refractivity contribution >= 4 is 35.6 Å². The lowest BCUT2D eigenvalue weighted by molar-refractivity contribution is -0.870. The highest BCUT2D eigenvalue weighted by molar-refractivity contribution is 5.77. The standard InChI is InChI=1S/C44H81N2O3.C43H78N2O3.C37H75N2O3.2ClH/c1-6-8-10-12-14-16-18-20-22-24-26-28-30-32-34-37-43(47)45(39-36-41-46(3,4)5)40-42-49-44(48)38-35-33-31-29-27-25-23-21-19-17-15-13-11-9-7-2;1-5-7-9-11-13-15-17-19-21-23-25-27-29-31-33-36-42(46)45(39-35-38-44(3)4)40-41-48-43(47)37-34-32-30-28-26-24-22-20-18-16-14-12-10-8-6-2;1-6-8-10-12-14-16-18-20-22-24-26-30-36(40)38(32-28-29-34-39(3,4)5)33-35-42-37(41)31-27-25-23-21-19-17-15-13-11-9-7-2;;/h14-17,20-23H,6-13,18-19,24-42H2,1-5H3;13-16,19-22H,5-12,17-18,23-41H2,1-4H3;6-35H2,1-5H3;2*1H/q+1;;+1;;/p-2/b16-14-,17-15-,22-20-,23-21-;15-13-,16-14-,21-19-,22-20-;;;. The Balaban J connectivity index is -0.000000653. The van der Waals surface area contributed by atoms with Crippen molar-refractivity contribution in [3.8, 4) is 0 Å². The van der Waals surface area contributed by atoms with E-state index in [1.165, 1.54) is 295 Å². The van der Waals surface area contributed by atoms with Gasteiger partial charge in [0.25, 0.3) is 0 Å². The molecule has 0 aliphatic carbocycles. The van der Waals surface area contributed by atoms with E-state index in [1.54, 1.807) is 0 Å². The summed E-state index contributed by atoms with van der Waals surface area (Å²) in [6.45, 7) is 21.3. The van der Waals surface area contributed by atoms with Crippen molar-refractivity contribution < 1.29 is 76.8 Å². The lowest BCUT2D eigenvalue weighted by Gasteiger charge is -2.27. The normalized spacial score (nSPS) is 11.9. The first-order valence-corrected chi connectivity index (χ1v) is 59.4. The zero-order valence-corrected chi connectivity index (χ0v) is 97.1. The molecule has 0 saturated heterocycles. The lowest BCUT2D eigenvalue weighted by atomic mass is 10.1. The summed E-state index contributed by atoms with van der Waals surface area (Å²) in [5, 5.41) is 0. The van der Waals surface area contributed by atoms with E-state index in [0.717, 1.165) is 202 Å². The van der Waals surface area contributed by atoms with Crippen LogP contribution in [0, 0.1) is 0 Å². The fourth-order valence-electron chi connectivity index (χ4n) is 17.0. The highest BCUT2D eigenvalue weighted by atomic mass is 35.5. The van der Waals surface area contributed by atoms with Gasteiger partial charge < -0.3 is 67.6 Å². The Kier molecular flexibility index (Phi) is 120. The Morgan fingerprint density at radius 3 is 0.610 bits per heavy atom. The van der Waals surface area contributed by atoms with Gasteiger partial charge in [-0.25, -0.2) is 0 Å². The SMILES string of the molecule is CCCCC/C=C\C/C=C\CCCCCCCC(=O)OCCN(CCCN(C)C)C(=O)CCCCCCC/C=C\C/C=C\CCCCC.CCCCC/C=C\C/C=C\CCCCCCCC(=O)OCCN(CCC[N+](C)(C)C)C(=O)CCCCCCC/C=C\C/C=C\CCCCC.CCCCCCCCCCCCCC(=O)OCCN(CCCC[N+](C)(C)C)C(=O)CCCCCCCCCCCCC.[Cl-].[Cl-]. The van der Waals surface area contributed by atoms with Crippen molar-refractivity contribution in [3.05, 3.63) is 97.2 Å². The Bertz CT molecular complexity index is 2920. The fraction of sp³-hybridized carbons (Fsp3) is 0.823. The molecule has 0 saturated carbocycles. The summed E-state index contributed by atoms with van der Waals surface area (Å²) >= 11 is 0. The molecule has 0 unspecified atom stereocenters. The zero-order chi connectivity index (χ0) is 102. The van der Waals surface area contributed by atoms with Gasteiger partial charge in [-0.05, 0) is 207 Å². The van der Waals surface area contributed by atoms with E-state index in [4.69, 9.17) is 14.2 Å². The van der Waals surface area contributed by atoms with Crippen LogP contribution < -0.4 is 24.8 Å². The molecule has 0 radical (unpaired) electrons. The van der Waals surface area contributed by atoms with Crippen LogP contribution in [0.4, 0.5) is 0 Å². The van der Waals surface area contributed by atoms with Gasteiger partial charge in [0.15, 0.2) is 0 Å².